The van der Waals surface area contributed by atoms with Crippen molar-refractivity contribution in [3.8, 4) is 23.0 Å². The van der Waals surface area contributed by atoms with Gasteiger partial charge in [0, 0.05) is 18.3 Å². The first-order valence-corrected chi connectivity index (χ1v) is 7.16. The lowest BCUT2D eigenvalue weighted by Crippen LogP contribution is -2.08. The molecule has 0 saturated heterocycles. The number of pyridine rings is 2. The van der Waals surface area contributed by atoms with Crippen molar-refractivity contribution in [2.45, 2.75) is 0 Å². The summed E-state index contributed by atoms with van der Waals surface area (Å²) in [6.45, 7) is 3.44. The van der Waals surface area contributed by atoms with E-state index in [1.807, 2.05) is 24.3 Å². The molecule has 0 saturated carbocycles. The third kappa shape index (κ3) is 3.14. The number of anilines is 1. The molecule has 3 aromatic rings. The first-order chi connectivity index (χ1) is 11.7. The third-order valence-electron chi connectivity index (χ3n) is 3.25. The largest absolute Gasteiger partial charge is 0.481 e. The van der Waals surface area contributed by atoms with Crippen molar-refractivity contribution in [3.05, 3.63) is 61.4 Å². The third-order valence-corrected chi connectivity index (χ3v) is 3.25. The van der Waals surface area contributed by atoms with E-state index in [4.69, 9.17) is 4.74 Å². The smallest absolute Gasteiger partial charge is 0.248 e. The van der Waals surface area contributed by atoms with Crippen molar-refractivity contribution < 1.29 is 9.53 Å². The summed E-state index contributed by atoms with van der Waals surface area (Å²) >= 11 is 0. The Hall–Kier alpha value is -3.48. The lowest BCUT2D eigenvalue weighted by Gasteiger charge is -2.07. The molecule has 0 aromatic carbocycles. The molecule has 0 radical (unpaired) electrons. The molecular formula is C17H15N5O2. The average Bonchev–Trinajstić information content (AvgIpc) is 3.06. The number of nitrogens with zero attached hydrogens (tertiary/aromatic N) is 4. The Bertz CT molecular complexity index is 856. The Balaban J connectivity index is 2.07. The van der Waals surface area contributed by atoms with Gasteiger partial charge < -0.3 is 10.1 Å². The molecule has 3 aromatic heterocycles. The van der Waals surface area contributed by atoms with E-state index < -0.39 is 0 Å². The van der Waals surface area contributed by atoms with Crippen LogP contribution in [-0.2, 0) is 4.79 Å². The topological polar surface area (TPSA) is 81.9 Å². The van der Waals surface area contributed by atoms with Crippen molar-refractivity contribution in [2.75, 3.05) is 12.4 Å². The summed E-state index contributed by atoms with van der Waals surface area (Å²) in [6, 6.07) is 10.9. The van der Waals surface area contributed by atoms with Crippen LogP contribution in [0.4, 0.5) is 5.82 Å². The molecule has 0 bridgehead atoms. The number of hydrogen-bond acceptors (Lipinski definition) is 5. The predicted molar refractivity (Wildman–Crippen MR) is 90.0 cm³/mol. The molecule has 0 aliphatic rings. The normalized spacial score (nSPS) is 10.2. The minimum atomic E-state index is -0.333. The average molecular weight is 321 g/mol. The molecule has 0 aliphatic heterocycles. The molecule has 0 unspecified atom stereocenters. The van der Waals surface area contributed by atoms with Gasteiger partial charge in [-0.05, 0) is 24.3 Å². The summed E-state index contributed by atoms with van der Waals surface area (Å²) in [6.07, 6.45) is 4.52. The van der Waals surface area contributed by atoms with Gasteiger partial charge in [0.25, 0.3) is 0 Å². The molecule has 0 aliphatic carbocycles. The van der Waals surface area contributed by atoms with Gasteiger partial charge in [-0.1, -0.05) is 12.6 Å². The van der Waals surface area contributed by atoms with E-state index in [-0.39, 0.29) is 5.91 Å². The zero-order valence-electron chi connectivity index (χ0n) is 13.0. The molecular weight excluding hydrogens is 306 g/mol. The van der Waals surface area contributed by atoms with E-state index >= 15 is 0 Å². The van der Waals surface area contributed by atoms with Crippen molar-refractivity contribution in [2.24, 2.45) is 0 Å². The number of ether oxygens (including phenoxy) is 1. The van der Waals surface area contributed by atoms with Crippen LogP contribution in [-0.4, -0.2) is 32.8 Å². The highest BCUT2D eigenvalue weighted by Gasteiger charge is 2.14. The van der Waals surface area contributed by atoms with Crippen LogP contribution in [0.25, 0.3) is 17.1 Å². The van der Waals surface area contributed by atoms with E-state index in [2.05, 4.69) is 27.0 Å². The van der Waals surface area contributed by atoms with Gasteiger partial charge in [-0.15, -0.1) is 5.10 Å². The van der Waals surface area contributed by atoms with Crippen molar-refractivity contribution in [1.29, 1.82) is 0 Å². The van der Waals surface area contributed by atoms with E-state index in [9.17, 15) is 4.79 Å². The van der Waals surface area contributed by atoms with E-state index in [1.54, 1.807) is 36.3 Å². The van der Waals surface area contributed by atoms with Gasteiger partial charge >= 0.3 is 0 Å². The van der Waals surface area contributed by atoms with Gasteiger partial charge in [0.1, 0.15) is 0 Å². The summed E-state index contributed by atoms with van der Waals surface area (Å²) in [4.78, 5) is 20.1. The lowest BCUT2D eigenvalue weighted by molar-refractivity contribution is -0.111. The minimum absolute atomic E-state index is 0.333. The molecule has 24 heavy (non-hydrogen) atoms. The molecule has 3 rings (SSSR count). The predicted octanol–water partition coefficient (Wildman–Crippen LogP) is 2.46. The summed E-state index contributed by atoms with van der Waals surface area (Å²) < 4.78 is 6.73. The summed E-state index contributed by atoms with van der Waals surface area (Å²) in [5.74, 6) is 0.571. The number of carbonyl (C=O) groups excluding carboxylic acids is 1. The van der Waals surface area contributed by atoms with Crippen LogP contribution in [0, 0.1) is 0 Å². The van der Waals surface area contributed by atoms with Crippen LogP contribution in [0.2, 0.25) is 0 Å². The van der Waals surface area contributed by atoms with Crippen molar-refractivity contribution >= 4 is 11.7 Å². The molecule has 3 heterocycles. The first kappa shape index (κ1) is 15.4. The van der Waals surface area contributed by atoms with Gasteiger partial charge in [0.15, 0.2) is 5.82 Å². The number of nitrogens with one attached hydrogen (secondary N) is 1. The van der Waals surface area contributed by atoms with Crippen molar-refractivity contribution in [1.82, 2.24) is 19.7 Å². The summed E-state index contributed by atoms with van der Waals surface area (Å²) in [5.41, 5.74) is 2.16. The Morgan fingerprint density at radius 1 is 1.29 bits per heavy atom. The molecule has 0 fully saturated rings. The molecule has 0 spiro atoms. The second-order valence-corrected chi connectivity index (χ2v) is 4.79. The number of carbonyl (C=O) groups is 1. The SMILES string of the molecule is C=CC(=O)Nc1cc(-c2ccccn2)n(-c2ccc(OC)nc2)n1. The van der Waals surface area contributed by atoms with Crippen LogP contribution < -0.4 is 10.1 Å². The highest BCUT2D eigenvalue weighted by molar-refractivity contribution is 5.98. The zero-order chi connectivity index (χ0) is 16.9. The second kappa shape index (κ2) is 6.74. The Morgan fingerprint density at radius 2 is 2.17 bits per heavy atom. The molecule has 1 N–H and O–H groups in total. The van der Waals surface area contributed by atoms with Gasteiger partial charge in [-0.25, -0.2) is 9.67 Å². The van der Waals surface area contributed by atoms with Crippen LogP contribution in [0.5, 0.6) is 5.88 Å². The van der Waals surface area contributed by atoms with Crippen LogP contribution in [0.1, 0.15) is 0 Å². The Labute approximate surface area is 138 Å². The molecule has 7 heteroatoms. The fourth-order valence-corrected chi connectivity index (χ4v) is 2.13. The fraction of sp³-hybridized carbons (Fsp3) is 0.0588. The maximum absolute atomic E-state index is 11.5. The number of methoxy groups -OCH3 is 1. The molecule has 1 amide bonds. The molecule has 7 nitrogen and oxygen atoms in total. The standard InChI is InChI=1S/C17H15N5O2/c1-3-16(23)20-15-10-14(13-6-4-5-9-18-13)22(21-15)12-7-8-17(24-2)19-11-12/h3-11H,1H2,2H3,(H,20,21,23). The monoisotopic (exact) mass is 321 g/mol. The van der Waals surface area contributed by atoms with E-state index in [1.165, 1.54) is 6.08 Å². The highest BCUT2D eigenvalue weighted by Crippen LogP contribution is 2.24. The van der Waals surface area contributed by atoms with Crippen LogP contribution in [0.15, 0.2) is 61.4 Å². The van der Waals surface area contributed by atoms with Crippen molar-refractivity contribution in [3.63, 3.8) is 0 Å². The Kier molecular flexibility index (Phi) is 4.33. The first-order valence-electron chi connectivity index (χ1n) is 7.16. The zero-order valence-corrected chi connectivity index (χ0v) is 13.0. The van der Waals surface area contributed by atoms with Crippen LogP contribution >= 0.6 is 0 Å². The highest BCUT2D eigenvalue weighted by atomic mass is 16.5. The number of amides is 1. The number of hydrogen-bond donors (Lipinski definition) is 1. The summed E-state index contributed by atoms with van der Waals surface area (Å²) in [7, 11) is 1.55. The van der Waals surface area contributed by atoms with E-state index in [0.29, 0.717) is 11.7 Å². The Morgan fingerprint density at radius 3 is 2.79 bits per heavy atom. The molecule has 0 atom stereocenters. The number of aromatic nitrogens is 4. The lowest BCUT2D eigenvalue weighted by atomic mass is 10.2. The summed E-state index contributed by atoms with van der Waals surface area (Å²) in [5, 5.41) is 7.07. The van der Waals surface area contributed by atoms with Gasteiger partial charge in [0.2, 0.25) is 11.8 Å². The van der Waals surface area contributed by atoms with Gasteiger partial charge in [0.05, 0.1) is 30.4 Å². The quantitative estimate of drug-likeness (QED) is 0.730. The molecule has 120 valence electrons. The minimum Gasteiger partial charge on any atom is -0.481 e. The van der Waals surface area contributed by atoms with Gasteiger partial charge in [-0.3, -0.25) is 9.78 Å². The maximum Gasteiger partial charge on any atom is 0.248 e. The van der Waals surface area contributed by atoms with Crippen LogP contribution in [0.3, 0.4) is 0 Å². The number of rotatable bonds is 5. The van der Waals surface area contributed by atoms with Gasteiger partial charge in [-0.2, -0.15) is 0 Å². The second-order valence-electron chi connectivity index (χ2n) is 4.79. The maximum atomic E-state index is 11.5. The fourth-order valence-electron chi connectivity index (χ4n) is 2.13. The van der Waals surface area contributed by atoms with E-state index in [0.717, 1.165) is 17.1 Å².